The van der Waals surface area contributed by atoms with E-state index in [-0.39, 0.29) is 17.3 Å². The Balaban J connectivity index is 1.92. The maximum absolute atomic E-state index is 13.1. The molecule has 0 bridgehead atoms. The summed E-state index contributed by atoms with van der Waals surface area (Å²) in [5.74, 6) is 0.229. The van der Waals surface area contributed by atoms with Crippen LogP contribution in [0.4, 0.5) is 13.2 Å². The largest absolute Gasteiger partial charge is 0.416 e. The Morgan fingerprint density at radius 3 is 2.18 bits per heavy atom. The van der Waals surface area contributed by atoms with Crippen LogP contribution in [-0.4, -0.2) is 15.2 Å². The first-order valence-electron chi connectivity index (χ1n) is 12.5. The first-order valence-corrected chi connectivity index (χ1v) is 12.5. The predicted molar refractivity (Wildman–Crippen MR) is 127 cm³/mol. The molecule has 2 atom stereocenters. The summed E-state index contributed by atoms with van der Waals surface area (Å²) in [4.78, 5) is 5.02. The smallest absolute Gasteiger partial charge is 0.388 e. The van der Waals surface area contributed by atoms with Crippen molar-refractivity contribution in [3.8, 4) is 0 Å². The lowest BCUT2D eigenvalue weighted by atomic mass is 9.69. The summed E-state index contributed by atoms with van der Waals surface area (Å²) in [6.45, 7) is 8.35. The molecule has 2 aromatic rings. The zero-order valence-electron chi connectivity index (χ0n) is 20.5. The molecule has 1 saturated carbocycles. The highest BCUT2D eigenvalue weighted by Crippen LogP contribution is 2.49. The molecule has 1 aromatic carbocycles. The average Bonchev–Trinajstić information content (AvgIpc) is 2.76. The molecule has 4 rings (SSSR count). The summed E-state index contributed by atoms with van der Waals surface area (Å²) < 4.78 is 39.3. The molecule has 2 aliphatic rings. The molecule has 0 unspecified atom stereocenters. The molecule has 2 aliphatic carbocycles. The van der Waals surface area contributed by atoms with Crippen molar-refractivity contribution in [1.29, 1.82) is 0 Å². The van der Waals surface area contributed by atoms with Gasteiger partial charge >= 0.3 is 6.18 Å². The van der Waals surface area contributed by atoms with Crippen molar-refractivity contribution in [3.63, 3.8) is 0 Å². The first-order chi connectivity index (χ1) is 15.9. The summed E-state index contributed by atoms with van der Waals surface area (Å²) in [5, 5.41) is 22.9. The van der Waals surface area contributed by atoms with Gasteiger partial charge in [0.1, 0.15) is 6.10 Å². The van der Waals surface area contributed by atoms with Crippen LogP contribution in [0.2, 0.25) is 0 Å². The van der Waals surface area contributed by atoms with Gasteiger partial charge in [-0.1, -0.05) is 59.1 Å². The predicted octanol–water partition coefficient (Wildman–Crippen LogP) is 7.36. The molecule has 0 spiro atoms. The Labute approximate surface area is 200 Å². The Morgan fingerprint density at radius 2 is 1.62 bits per heavy atom. The van der Waals surface area contributed by atoms with Crippen LogP contribution in [0.5, 0.6) is 0 Å². The molecular formula is C28H36F3NO2. The molecular weight excluding hydrogens is 439 g/mol. The molecule has 0 aliphatic heterocycles. The second-order valence-corrected chi connectivity index (χ2v) is 11.3. The van der Waals surface area contributed by atoms with Crippen molar-refractivity contribution in [2.75, 3.05) is 0 Å². The Kier molecular flexibility index (Phi) is 6.87. The number of hydrogen-bond acceptors (Lipinski definition) is 3. The molecule has 0 amide bonds. The van der Waals surface area contributed by atoms with E-state index in [0.29, 0.717) is 17.5 Å². The summed E-state index contributed by atoms with van der Waals surface area (Å²) in [7, 11) is 0. The van der Waals surface area contributed by atoms with Crippen molar-refractivity contribution in [2.24, 2.45) is 5.41 Å². The molecule has 186 valence electrons. The van der Waals surface area contributed by atoms with Gasteiger partial charge in [-0.25, -0.2) is 0 Å². The molecule has 3 nitrogen and oxygen atoms in total. The highest BCUT2D eigenvalue weighted by molar-refractivity contribution is 5.50. The minimum absolute atomic E-state index is 0.0221. The fourth-order valence-electron chi connectivity index (χ4n) is 5.94. The van der Waals surface area contributed by atoms with Crippen LogP contribution in [-0.2, 0) is 12.6 Å². The van der Waals surface area contributed by atoms with E-state index < -0.39 is 23.9 Å². The quantitative estimate of drug-likeness (QED) is 0.486. The van der Waals surface area contributed by atoms with Crippen molar-refractivity contribution >= 4 is 0 Å². The minimum atomic E-state index is -4.43. The Morgan fingerprint density at radius 1 is 1.00 bits per heavy atom. The normalized spacial score (nSPS) is 22.0. The van der Waals surface area contributed by atoms with Gasteiger partial charge in [-0.15, -0.1) is 0 Å². The number of rotatable bonds is 4. The Bertz CT molecular complexity index is 1020. The second kappa shape index (κ2) is 9.27. The van der Waals surface area contributed by atoms with E-state index in [0.717, 1.165) is 66.8 Å². The van der Waals surface area contributed by atoms with Crippen LogP contribution < -0.4 is 0 Å². The molecule has 1 fully saturated rings. The van der Waals surface area contributed by atoms with Crippen LogP contribution in [0.1, 0.15) is 129 Å². The lowest BCUT2D eigenvalue weighted by molar-refractivity contribution is -0.137. The summed E-state index contributed by atoms with van der Waals surface area (Å²) in [6, 6.07) is 4.77. The van der Waals surface area contributed by atoms with E-state index >= 15 is 0 Å². The molecule has 1 heterocycles. The van der Waals surface area contributed by atoms with E-state index in [9.17, 15) is 23.4 Å². The van der Waals surface area contributed by atoms with Gasteiger partial charge in [-0.05, 0) is 66.2 Å². The molecule has 0 saturated heterocycles. The van der Waals surface area contributed by atoms with Crippen LogP contribution in [0.25, 0.3) is 0 Å². The number of hydrogen-bond donors (Lipinski definition) is 2. The number of alkyl halides is 3. The van der Waals surface area contributed by atoms with E-state index in [1.54, 1.807) is 0 Å². The number of halogens is 3. The lowest BCUT2D eigenvalue weighted by Crippen LogP contribution is -2.30. The SMILES string of the molecule is CC(C)c1nc2c(c(C3CCCCC3)c1[C@@H](O)c1ccc(C(F)(F)F)cc1)[C@@H](O)CC(C)(C)C2. The van der Waals surface area contributed by atoms with Gasteiger partial charge < -0.3 is 10.2 Å². The van der Waals surface area contributed by atoms with Gasteiger partial charge in [-0.2, -0.15) is 13.2 Å². The molecule has 2 N–H and O–H groups in total. The third-order valence-corrected chi connectivity index (χ3v) is 7.54. The number of pyridine rings is 1. The second-order valence-electron chi connectivity index (χ2n) is 11.3. The van der Waals surface area contributed by atoms with Crippen molar-refractivity contribution in [3.05, 3.63) is 63.5 Å². The van der Waals surface area contributed by atoms with Crippen molar-refractivity contribution in [2.45, 2.75) is 103 Å². The van der Waals surface area contributed by atoms with Crippen LogP contribution in [0, 0.1) is 5.41 Å². The van der Waals surface area contributed by atoms with Crippen LogP contribution >= 0.6 is 0 Å². The molecule has 6 heteroatoms. The maximum atomic E-state index is 13.1. The number of benzene rings is 1. The zero-order chi connectivity index (χ0) is 24.8. The monoisotopic (exact) mass is 475 g/mol. The van der Waals surface area contributed by atoms with Gasteiger partial charge in [0, 0.05) is 22.5 Å². The number of aliphatic hydroxyl groups excluding tert-OH is 2. The van der Waals surface area contributed by atoms with Gasteiger partial charge in [0.05, 0.1) is 11.7 Å². The standard InChI is InChI=1S/C28H36F3NO2/c1-16(2)25-24(26(34)18-10-12-19(13-11-18)28(29,30)31)22(17-8-6-5-7-9-17)23-20(32-25)14-27(3,4)15-21(23)33/h10-13,16-17,21,26,33-34H,5-9,14-15H2,1-4H3/t21-,26-/m0/s1. The topological polar surface area (TPSA) is 53.4 Å². The number of aromatic nitrogens is 1. The molecule has 1 aromatic heterocycles. The van der Waals surface area contributed by atoms with Crippen LogP contribution in [0.3, 0.4) is 0 Å². The van der Waals surface area contributed by atoms with Crippen molar-refractivity contribution in [1.82, 2.24) is 4.98 Å². The molecule has 34 heavy (non-hydrogen) atoms. The first kappa shape index (κ1) is 25.2. The van der Waals surface area contributed by atoms with E-state index in [2.05, 4.69) is 13.8 Å². The third-order valence-electron chi connectivity index (χ3n) is 7.54. The van der Waals surface area contributed by atoms with Gasteiger partial charge in [0.2, 0.25) is 0 Å². The van der Waals surface area contributed by atoms with Gasteiger partial charge in [-0.3, -0.25) is 4.98 Å². The fraction of sp³-hybridized carbons (Fsp3) is 0.607. The maximum Gasteiger partial charge on any atom is 0.416 e. The third kappa shape index (κ3) is 4.90. The average molecular weight is 476 g/mol. The highest BCUT2D eigenvalue weighted by Gasteiger charge is 2.39. The number of aliphatic hydroxyl groups is 2. The number of nitrogens with zero attached hydrogens (tertiary/aromatic N) is 1. The van der Waals surface area contributed by atoms with Crippen LogP contribution in [0.15, 0.2) is 24.3 Å². The van der Waals surface area contributed by atoms with Gasteiger partial charge in [0.25, 0.3) is 0 Å². The van der Waals surface area contributed by atoms with E-state index in [1.807, 2.05) is 13.8 Å². The number of fused-ring (bicyclic) bond motifs is 1. The molecule has 0 radical (unpaired) electrons. The zero-order valence-corrected chi connectivity index (χ0v) is 20.5. The van der Waals surface area contributed by atoms with Gasteiger partial charge in [0.15, 0.2) is 0 Å². The Hall–Kier alpha value is -1.92. The highest BCUT2D eigenvalue weighted by atomic mass is 19.4. The van der Waals surface area contributed by atoms with E-state index in [1.165, 1.54) is 18.6 Å². The minimum Gasteiger partial charge on any atom is -0.388 e. The summed E-state index contributed by atoms with van der Waals surface area (Å²) >= 11 is 0. The van der Waals surface area contributed by atoms with Crippen molar-refractivity contribution < 1.29 is 23.4 Å². The summed E-state index contributed by atoms with van der Waals surface area (Å²) in [5.41, 5.74) is 3.86. The van der Waals surface area contributed by atoms with E-state index in [4.69, 9.17) is 4.98 Å². The summed E-state index contributed by atoms with van der Waals surface area (Å²) in [6.07, 6.45) is 0.518. The lowest BCUT2D eigenvalue weighted by Gasteiger charge is -2.39. The fourth-order valence-corrected chi connectivity index (χ4v) is 5.94.